The molecule has 2 unspecified atom stereocenters. The second kappa shape index (κ2) is 2.77. The fourth-order valence-electron chi connectivity index (χ4n) is 1.96. The monoisotopic (exact) mass is 168 g/mol. The van der Waals surface area contributed by atoms with Gasteiger partial charge in [-0.2, -0.15) is 0 Å². The standard InChI is InChI=1S/C8H12N2O2/c11-7-3-1-2-6-5(7)4-9-8(12)10-6/h5-6H,1-4H2,(H2,9,10,12). The fourth-order valence-corrected chi connectivity index (χ4v) is 1.96. The third-order valence-electron chi connectivity index (χ3n) is 2.64. The van der Waals surface area contributed by atoms with Gasteiger partial charge in [-0.1, -0.05) is 0 Å². The number of urea groups is 1. The highest BCUT2D eigenvalue weighted by Gasteiger charge is 2.35. The molecule has 2 amide bonds. The zero-order valence-electron chi connectivity index (χ0n) is 6.80. The Hall–Kier alpha value is -1.06. The Morgan fingerprint density at radius 2 is 2.17 bits per heavy atom. The third kappa shape index (κ3) is 1.17. The highest BCUT2D eigenvalue weighted by molar-refractivity contribution is 5.86. The number of Topliss-reactive ketones (excluding diaryl/α,β-unsaturated/α-hetero) is 1. The summed E-state index contributed by atoms with van der Waals surface area (Å²) < 4.78 is 0. The number of fused-ring (bicyclic) bond motifs is 1. The Balaban J connectivity index is 2.09. The number of hydrogen-bond acceptors (Lipinski definition) is 2. The van der Waals surface area contributed by atoms with Gasteiger partial charge in [0.2, 0.25) is 0 Å². The first-order valence-corrected chi connectivity index (χ1v) is 4.34. The van der Waals surface area contributed by atoms with Gasteiger partial charge in [0.25, 0.3) is 0 Å². The fraction of sp³-hybridized carbons (Fsp3) is 0.750. The summed E-state index contributed by atoms with van der Waals surface area (Å²) in [5.74, 6) is 0.315. The van der Waals surface area contributed by atoms with Crippen LogP contribution in [0, 0.1) is 5.92 Å². The van der Waals surface area contributed by atoms with E-state index in [0.717, 1.165) is 12.8 Å². The maximum Gasteiger partial charge on any atom is 0.315 e. The molecule has 0 aromatic heterocycles. The molecule has 4 heteroatoms. The molecule has 1 aliphatic heterocycles. The number of rotatable bonds is 0. The Morgan fingerprint density at radius 1 is 1.33 bits per heavy atom. The molecule has 2 atom stereocenters. The Morgan fingerprint density at radius 3 is 3.00 bits per heavy atom. The molecule has 2 fully saturated rings. The van der Waals surface area contributed by atoms with Crippen molar-refractivity contribution in [3.8, 4) is 0 Å². The van der Waals surface area contributed by atoms with Gasteiger partial charge in [0, 0.05) is 19.0 Å². The second-order valence-electron chi connectivity index (χ2n) is 3.43. The van der Waals surface area contributed by atoms with Crippen molar-refractivity contribution >= 4 is 11.8 Å². The first-order valence-electron chi connectivity index (χ1n) is 4.34. The van der Waals surface area contributed by atoms with E-state index in [2.05, 4.69) is 10.6 Å². The molecular weight excluding hydrogens is 156 g/mol. The summed E-state index contributed by atoms with van der Waals surface area (Å²) in [7, 11) is 0. The van der Waals surface area contributed by atoms with Gasteiger partial charge in [-0.15, -0.1) is 0 Å². The Kier molecular flexibility index (Phi) is 1.75. The van der Waals surface area contributed by atoms with Crippen LogP contribution in [0.15, 0.2) is 0 Å². The summed E-state index contributed by atoms with van der Waals surface area (Å²) in [6.45, 7) is 0.523. The minimum absolute atomic E-state index is 0.0245. The van der Waals surface area contributed by atoms with Crippen molar-refractivity contribution < 1.29 is 9.59 Å². The van der Waals surface area contributed by atoms with Crippen molar-refractivity contribution in [2.45, 2.75) is 25.3 Å². The summed E-state index contributed by atoms with van der Waals surface area (Å²) in [6.07, 6.45) is 2.54. The van der Waals surface area contributed by atoms with Crippen molar-refractivity contribution in [2.75, 3.05) is 6.54 Å². The van der Waals surface area contributed by atoms with Crippen LogP contribution in [-0.2, 0) is 4.79 Å². The Bertz CT molecular complexity index is 227. The molecule has 2 rings (SSSR count). The van der Waals surface area contributed by atoms with Crippen LogP contribution in [0.2, 0.25) is 0 Å². The summed E-state index contributed by atoms with van der Waals surface area (Å²) in [5, 5.41) is 5.42. The van der Waals surface area contributed by atoms with Crippen LogP contribution in [0.1, 0.15) is 19.3 Å². The third-order valence-corrected chi connectivity index (χ3v) is 2.64. The highest BCUT2D eigenvalue weighted by atomic mass is 16.2. The molecule has 1 saturated heterocycles. The van der Waals surface area contributed by atoms with Crippen LogP contribution in [0.4, 0.5) is 4.79 Å². The molecule has 0 aromatic carbocycles. The molecule has 66 valence electrons. The molecule has 2 N–H and O–H groups in total. The van der Waals surface area contributed by atoms with Crippen molar-refractivity contribution in [3.63, 3.8) is 0 Å². The summed E-state index contributed by atoms with van der Waals surface area (Å²) in [6, 6.07) is -0.0362. The predicted molar refractivity (Wildman–Crippen MR) is 42.7 cm³/mol. The van der Waals surface area contributed by atoms with E-state index in [-0.39, 0.29) is 18.0 Å². The molecule has 0 bridgehead atoms. The molecule has 12 heavy (non-hydrogen) atoms. The minimum Gasteiger partial charge on any atom is -0.337 e. The zero-order valence-corrected chi connectivity index (χ0v) is 6.80. The van der Waals surface area contributed by atoms with E-state index in [9.17, 15) is 9.59 Å². The molecule has 1 aliphatic carbocycles. The second-order valence-corrected chi connectivity index (χ2v) is 3.43. The van der Waals surface area contributed by atoms with Crippen LogP contribution in [-0.4, -0.2) is 24.4 Å². The maximum atomic E-state index is 11.3. The van der Waals surface area contributed by atoms with E-state index < -0.39 is 0 Å². The first kappa shape index (κ1) is 7.58. The van der Waals surface area contributed by atoms with Gasteiger partial charge in [0.15, 0.2) is 0 Å². The van der Waals surface area contributed by atoms with Crippen molar-refractivity contribution in [1.29, 1.82) is 0 Å². The quantitative estimate of drug-likeness (QED) is 0.536. The van der Waals surface area contributed by atoms with E-state index in [0.29, 0.717) is 18.7 Å². The number of amides is 2. The number of hydrogen-bond donors (Lipinski definition) is 2. The normalized spacial score (nSPS) is 35.0. The topological polar surface area (TPSA) is 58.2 Å². The van der Waals surface area contributed by atoms with Crippen LogP contribution in [0.25, 0.3) is 0 Å². The van der Waals surface area contributed by atoms with Gasteiger partial charge in [-0.25, -0.2) is 4.79 Å². The van der Waals surface area contributed by atoms with Crippen molar-refractivity contribution in [2.24, 2.45) is 5.92 Å². The average molecular weight is 168 g/mol. The lowest BCUT2D eigenvalue weighted by Crippen LogP contribution is -2.58. The predicted octanol–water partition coefficient (Wildman–Crippen LogP) is 0.0370. The number of ketones is 1. The van der Waals surface area contributed by atoms with E-state index >= 15 is 0 Å². The van der Waals surface area contributed by atoms with E-state index in [1.165, 1.54) is 0 Å². The minimum atomic E-state index is -0.133. The first-order chi connectivity index (χ1) is 5.77. The Labute approximate surface area is 70.7 Å². The average Bonchev–Trinajstić information content (AvgIpc) is 2.04. The van der Waals surface area contributed by atoms with Crippen molar-refractivity contribution in [1.82, 2.24) is 10.6 Å². The van der Waals surface area contributed by atoms with Gasteiger partial charge in [-0.3, -0.25) is 4.79 Å². The molecular formula is C8H12N2O2. The summed E-state index contributed by atoms with van der Waals surface area (Å²) in [4.78, 5) is 22.2. The lowest BCUT2D eigenvalue weighted by atomic mass is 9.82. The molecule has 2 aliphatic rings. The number of carbonyl (C=O) groups excluding carboxylic acids is 2. The number of nitrogens with one attached hydrogen (secondary N) is 2. The van der Waals surface area contributed by atoms with Crippen LogP contribution < -0.4 is 10.6 Å². The molecule has 0 spiro atoms. The zero-order chi connectivity index (χ0) is 8.55. The lowest BCUT2D eigenvalue weighted by molar-refractivity contribution is -0.125. The molecule has 0 radical (unpaired) electrons. The highest BCUT2D eigenvalue weighted by Crippen LogP contribution is 2.22. The van der Waals surface area contributed by atoms with Gasteiger partial charge in [-0.05, 0) is 12.8 Å². The largest absolute Gasteiger partial charge is 0.337 e. The van der Waals surface area contributed by atoms with Gasteiger partial charge >= 0.3 is 6.03 Å². The molecule has 1 heterocycles. The van der Waals surface area contributed by atoms with Gasteiger partial charge in [0.1, 0.15) is 5.78 Å². The summed E-state index contributed by atoms with van der Waals surface area (Å²) >= 11 is 0. The van der Waals surface area contributed by atoms with Gasteiger partial charge < -0.3 is 10.6 Å². The van der Waals surface area contributed by atoms with Gasteiger partial charge in [0.05, 0.1) is 5.92 Å². The van der Waals surface area contributed by atoms with E-state index in [4.69, 9.17) is 0 Å². The van der Waals surface area contributed by atoms with Crippen LogP contribution >= 0.6 is 0 Å². The summed E-state index contributed by atoms with van der Waals surface area (Å²) in [5.41, 5.74) is 0. The maximum absolute atomic E-state index is 11.3. The SMILES string of the molecule is O=C1NCC2C(=O)CCCC2N1. The smallest absolute Gasteiger partial charge is 0.315 e. The molecule has 1 saturated carbocycles. The lowest BCUT2D eigenvalue weighted by Gasteiger charge is -2.35. The van der Waals surface area contributed by atoms with Crippen LogP contribution in [0.3, 0.4) is 0 Å². The molecule has 0 aromatic rings. The van der Waals surface area contributed by atoms with Crippen molar-refractivity contribution in [3.05, 3.63) is 0 Å². The van der Waals surface area contributed by atoms with E-state index in [1.54, 1.807) is 0 Å². The number of carbonyl (C=O) groups is 2. The molecule has 4 nitrogen and oxygen atoms in total. The van der Waals surface area contributed by atoms with Crippen LogP contribution in [0.5, 0.6) is 0 Å². The van der Waals surface area contributed by atoms with E-state index in [1.807, 2.05) is 0 Å².